The summed E-state index contributed by atoms with van der Waals surface area (Å²) in [5.74, 6) is -0.0834. The van der Waals surface area contributed by atoms with E-state index in [1.165, 1.54) is 15.4 Å². The topological polar surface area (TPSA) is 85.6 Å². The number of benzene rings is 2. The predicted molar refractivity (Wildman–Crippen MR) is 168 cm³/mol. The maximum absolute atomic E-state index is 13.8. The van der Waals surface area contributed by atoms with Crippen molar-refractivity contribution in [2.24, 2.45) is 0 Å². The van der Waals surface area contributed by atoms with Gasteiger partial charge in [0.15, 0.2) is 5.83 Å². The number of hydrogen-bond acceptors (Lipinski definition) is 8. The molecule has 43 heavy (non-hydrogen) atoms. The van der Waals surface area contributed by atoms with Crippen LogP contribution in [0.15, 0.2) is 47.6 Å². The van der Waals surface area contributed by atoms with E-state index in [4.69, 9.17) is 26.3 Å². The minimum atomic E-state index is -1.03. The number of likely N-dealkylation sites (tertiary alicyclic amines) is 1. The molecule has 3 aliphatic heterocycles. The number of thioether (sulfide) groups is 1. The molecule has 8 nitrogen and oxygen atoms in total. The van der Waals surface area contributed by atoms with Gasteiger partial charge in [0, 0.05) is 46.5 Å². The van der Waals surface area contributed by atoms with Gasteiger partial charge in [0.1, 0.15) is 12.4 Å². The van der Waals surface area contributed by atoms with Crippen LogP contribution in [-0.4, -0.2) is 83.3 Å². The van der Waals surface area contributed by atoms with Crippen LogP contribution in [-0.2, 0) is 11.2 Å². The molecular formula is C32H34ClFN6O2S. The maximum Gasteiger partial charge on any atom is 0.319 e. The number of halogens is 2. The zero-order chi connectivity index (χ0) is 30.1. The van der Waals surface area contributed by atoms with Gasteiger partial charge in [-0.1, -0.05) is 30.3 Å². The molecule has 11 heteroatoms. The van der Waals surface area contributed by atoms with Crippen molar-refractivity contribution in [1.29, 1.82) is 5.26 Å². The third-order valence-corrected chi connectivity index (χ3v) is 10.2. The Morgan fingerprint density at radius 1 is 1.21 bits per heavy atom. The number of piperazine rings is 1. The summed E-state index contributed by atoms with van der Waals surface area (Å²) in [6.45, 7) is 5.59. The third kappa shape index (κ3) is 6.03. The fourth-order valence-electron chi connectivity index (χ4n) is 6.38. The molecule has 3 aromatic rings. The van der Waals surface area contributed by atoms with Crippen LogP contribution >= 0.6 is 23.4 Å². The lowest BCUT2D eigenvalue weighted by atomic mass is 9.95. The molecule has 4 heterocycles. The number of aromatic nitrogens is 2. The molecule has 0 spiro atoms. The van der Waals surface area contributed by atoms with E-state index in [9.17, 15) is 14.4 Å². The number of hydrogen-bond donors (Lipinski definition) is 0. The average Bonchev–Trinajstić information content (AvgIpc) is 3.43. The predicted octanol–water partition coefficient (Wildman–Crippen LogP) is 5.88. The number of nitrogens with zero attached hydrogens (tertiary/aromatic N) is 6. The van der Waals surface area contributed by atoms with Crippen molar-refractivity contribution in [2.45, 2.75) is 49.1 Å². The molecule has 1 amide bonds. The molecule has 1 aromatic heterocycles. The van der Waals surface area contributed by atoms with Crippen LogP contribution in [0.1, 0.15) is 31.2 Å². The first-order valence-corrected chi connectivity index (χ1v) is 16.1. The van der Waals surface area contributed by atoms with Crippen LogP contribution in [0.4, 0.5) is 10.2 Å². The highest BCUT2D eigenvalue weighted by atomic mass is 35.5. The Labute approximate surface area is 260 Å². The molecular weight excluding hydrogens is 587 g/mol. The van der Waals surface area contributed by atoms with Crippen LogP contribution < -0.4 is 9.64 Å². The Hall–Kier alpha value is -3.39. The van der Waals surface area contributed by atoms with Crippen molar-refractivity contribution in [2.75, 3.05) is 50.5 Å². The molecule has 2 fully saturated rings. The van der Waals surface area contributed by atoms with Crippen molar-refractivity contribution in [3.8, 4) is 23.2 Å². The minimum absolute atomic E-state index is 0.0535. The molecule has 0 N–H and O–H groups in total. The van der Waals surface area contributed by atoms with Gasteiger partial charge in [0.05, 0.1) is 24.0 Å². The van der Waals surface area contributed by atoms with Crippen molar-refractivity contribution in [3.05, 3.63) is 53.3 Å². The number of ether oxygens (including phenoxy) is 1. The van der Waals surface area contributed by atoms with Gasteiger partial charge in [-0.2, -0.15) is 15.2 Å². The van der Waals surface area contributed by atoms with Crippen molar-refractivity contribution < 1.29 is 13.9 Å². The SMILES string of the molecule is C=C(F)C(=O)N1CCN(c2nc(OC[C@@H]3CCCN3C)nc3cc(-c4cccc5c4CCCS5)c(Cl)cc23)C[C@@H]1CC#N. The van der Waals surface area contributed by atoms with Gasteiger partial charge in [-0.05, 0) is 74.4 Å². The van der Waals surface area contributed by atoms with Gasteiger partial charge < -0.3 is 19.4 Å². The van der Waals surface area contributed by atoms with E-state index in [0.29, 0.717) is 42.1 Å². The molecule has 2 atom stereocenters. The highest BCUT2D eigenvalue weighted by molar-refractivity contribution is 7.99. The fraction of sp³-hybridized carbons (Fsp3) is 0.438. The minimum Gasteiger partial charge on any atom is -0.462 e. The number of rotatable bonds is 7. The largest absolute Gasteiger partial charge is 0.462 e. The van der Waals surface area contributed by atoms with Gasteiger partial charge in [-0.15, -0.1) is 11.8 Å². The second-order valence-corrected chi connectivity index (χ2v) is 12.9. The van der Waals surface area contributed by atoms with Gasteiger partial charge in [0.2, 0.25) is 0 Å². The van der Waals surface area contributed by atoms with Crippen molar-refractivity contribution >= 4 is 46.0 Å². The second-order valence-electron chi connectivity index (χ2n) is 11.4. The molecule has 0 unspecified atom stereocenters. The van der Waals surface area contributed by atoms with Crippen LogP contribution in [0.3, 0.4) is 0 Å². The van der Waals surface area contributed by atoms with Crippen LogP contribution in [0.2, 0.25) is 5.02 Å². The summed E-state index contributed by atoms with van der Waals surface area (Å²) in [5, 5.41) is 10.8. The van der Waals surface area contributed by atoms with E-state index in [2.05, 4.69) is 42.8 Å². The van der Waals surface area contributed by atoms with E-state index < -0.39 is 17.8 Å². The Morgan fingerprint density at radius 3 is 2.84 bits per heavy atom. The Balaban J connectivity index is 1.41. The molecule has 2 aromatic carbocycles. The number of anilines is 1. The van der Waals surface area contributed by atoms with Crippen LogP contribution in [0, 0.1) is 11.3 Å². The first kappa shape index (κ1) is 29.7. The van der Waals surface area contributed by atoms with Crippen molar-refractivity contribution in [1.82, 2.24) is 19.8 Å². The quantitative estimate of drug-likeness (QED) is 0.303. The number of amides is 1. The summed E-state index contributed by atoms with van der Waals surface area (Å²) in [6, 6.07) is 12.5. The number of carbonyl (C=O) groups is 1. The third-order valence-electron chi connectivity index (χ3n) is 8.67. The summed E-state index contributed by atoms with van der Waals surface area (Å²) in [7, 11) is 2.10. The molecule has 3 aliphatic rings. The zero-order valence-corrected chi connectivity index (χ0v) is 25.8. The molecule has 0 radical (unpaired) electrons. The van der Waals surface area contributed by atoms with E-state index in [-0.39, 0.29) is 19.0 Å². The first-order chi connectivity index (χ1) is 20.8. The lowest BCUT2D eigenvalue weighted by molar-refractivity contribution is -0.131. The molecule has 224 valence electrons. The van der Waals surface area contributed by atoms with E-state index in [1.54, 1.807) is 0 Å². The summed E-state index contributed by atoms with van der Waals surface area (Å²) >= 11 is 8.89. The number of carbonyl (C=O) groups excluding carboxylic acids is 1. The van der Waals surface area contributed by atoms with Crippen LogP contribution in [0.5, 0.6) is 6.01 Å². The number of likely N-dealkylation sites (N-methyl/N-ethyl adjacent to an activating group) is 1. The van der Waals surface area contributed by atoms with E-state index in [0.717, 1.165) is 54.5 Å². The molecule has 2 saturated heterocycles. The normalized spacial score (nSPS) is 20.6. The van der Waals surface area contributed by atoms with Gasteiger partial charge >= 0.3 is 6.01 Å². The summed E-state index contributed by atoms with van der Waals surface area (Å²) in [5.41, 5.74) is 4.04. The van der Waals surface area contributed by atoms with Crippen molar-refractivity contribution in [3.63, 3.8) is 0 Å². The van der Waals surface area contributed by atoms with Gasteiger partial charge in [-0.3, -0.25) is 4.79 Å². The number of fused-ring (bicyclic) bond motifs is 2. The smallest absolute Gasteiger partial charge is 0.319 e. The molecule has 0 aliphatic carbocycles. The maximum atomic E-state index is 13.8. The molecule has 6 rings (SSSR count). The average molecular weight is 621 g/mol. The molecule has 0 saturated carbocycles. The first-order valence-electron chi connectivity index (χ1n) is 14.7. The standard InChI is InChI=1S/C32H34ClFN6O2S/c1-20(34)31(41)40-14-13-39(18-21(40)10-11-35)30-26-16-27(33)25(23-7-3-9-29-24(23)8-5-15-43-29)17-28(26)36-32(37-30)42-19-22-6-4-12-38(22)2/h3,7,9,16-17,21-22H,1,4-6,8,10,12-15,18-19H2,2H3/t21-,22-/m0/s1. The van der Waals surface area contributed by atoms with Crippen LogP contribution in [0.25, 0.3) is 22.0 Å². The van der Waals surface area contributed by atoms with Gasteiger partial charge in [0.25, 0.3) is 5.91 Å². The Bertz CT molecular complexity index is 1610. The summed E-state index contributed by atoms with van der Waals surface area (Å²) in [4.78, 5) is 29.2. The Kier molecular flexibility index (Phi) is 8.75. The summed E-state index contributed by atoms with van der Waals surface area (Å²) < 4.78 is 20.0. The lowest BCUT2D eigenvalue weighted by Gasteiger charge is -2.41. The highest BCUT2D eigenvalue weighted by Crippen LogP contribution is 2.42. The summed E-state index contributed by atoms with van der Waals surface area (Å²) in [6.07, 6.45) is 4.36. The monoisotopic (exact) mass is 620 g/mol. The fourth-order valence-corrected chi connectivity index (χ4v) is 7.71. The highest BCUT2D eigenvalue weighted by Gasteiger charge is 2.33. The lowest BCUT2D eigenvalue weighted by Crippen LogP contribution is -2.55. The number of nitriles is 1. The zero-order valence-electron chi connectivity index (χ0n) is 24.2. The Morgan fingerprint density at radius 2 is 2.07 bits per heavy atom. The van der Waals surface area contributed by atoms with E-state index in [1.807, 2.05) is 28.8 Å². The van der Waals surface area contributed by atoms with Gasteiger partial charge in [-0.25, -0.2) is 4.39 Å². The molecule has 0 bridgehead atoms. The second kappa shape index (κ2) is 12.7. The van der Waals surface area contributed by atoms with E-state index >= 15 is 0 Å².